The lowest BCUT2D eigenvalue weighted by molar-refractivity contribution is -0.218. The van der Waals surface area contributed by atoms with Crippen molar-refractivity contribution in [3.8, 4) is 0 Å². The molecular weight excluding hydrogens is 204 g/mol. The number of methoxy groups -OCH3 is 1. The fraction of sp³-hybridized carbons (Fsp3) is 1.00. The molecule has 0 aromatic rings. The van der Waals surface area contributed by atoms with Gasteiger partial charge in [-0.25, -0.2) is 0 Å². The normalized spacial score (nSPS) is 53.8. The van der Waals surface area contributed by atoms with E-state index in [0.717, 1.165) is 0 Å². The van der Waals surface area contributed by atoms with Crippen LogP contribution in [0.2, 0.25) is 0 Å². The van der Waals surface area contributed by atoms with Crippen LogP contribution >= 0.6 is 0 Å². The van der Waals surface area contributed by atoms with Crippen molar-refractivity contribution in [1.82, 2.24) is 0 Å². The van der Waals surface area contributed by atoms with Gasteiger partial charge in [-0.1, -0.05) is 0 Å². The van der Waals surface area contributed by atoms with Crippen molar-refractivity contribution in [2.45, 2.75) is 23.4 Å². The van der Waals surface area contributed by atoms with Gasteiger partial charge in [-0.15, -0.1) is 0 Å². The Balaban J connectivity index is 2.20. The molecule has 4 N–H and O–H groups in total. The monoisotopic (exact) mass is 220 g/mol. The topological polar surface area (TPSA) is 99.4 Å². The molecule has 0 radical (unpaired) electrons. The van der Waals surface area contributed by atoms with Crippen LogP contribution in [-0.4, -0.2) is 70.8 Å². The van der Waals surface area contributed by atoms with Crippen LogP contribution in [0.5, 0.6) is 0 Å². The highest BCUT2D eigenvalue weighted by Crippen LogP contribution is 2.56. The quantitative estimate of drug-likeness (QED) is 0.419. The summed E-state index contributed by atoms with van der Waals surface area (Å²) < 4.78 is 9.99. The number of aliphatic hydroxyl groups is 4. The molecule has 2 aliphatic rings. The van der Waals surface area contributed by atoms with E-state index in [1.165, 1.54) is 7.11 Å². The zero-order valence-electron chi connectivity index (χ0n) is 8.46. The van der Waals surface area contributed by atoms with E-state index < -0.39 is 29.3 Å². The van der Waals surface area contributed by atoms with E-state index in [-0.39, 0.29) is 19.8 Å². The average molecular weight is 220 g/mol. The van der Waals surface area contributed by atoms with E-state index in [9.17, 15) is 15.3 Å². The van der Waals surface area contributed by atoms with Crippen molar-refractivity contribution in [3.05, 3.63) is 0 Å². The van der Waals surface area contributed by atoms with Crippen molar-refractivity contribution in [3.63, 3.8) is 0 Å². The zero-order chi connectivity index (χ0) is 11.3. The summed E-state index contributed by atoms with van der Waals surface area (Å²) in [4.78, 5) is 0. The molecule has 1 heterocycles. The Morgan fingerprint density at radius 1 is 1.47 bits per heavy atom. The lowest BCUT2D eigenvalue weighted by Crippen LogP contribution is -2.59. The number of fused-ring (bicyclic) bond motifs is 1. The first-order chi connectivity index (χ1) is 7.01. The van der Waals surface area contributed by atoms with Crippen LogP contribution in [0.4, 0.5) is 0 Å². The largest absolute Gasteiger partial charge is 0.394 e. The molecule has 0 aromatic heterocycles. The number of hydrogen-bond donors (Lipinski definition) is 4. The summed E-state index contributed by atoms with van der Waals surface area (Å²) in [5, 5.41) is 38.7. The minimum Gasteiger partial charge on any atom is -0.394 e. The number of aliphatic hydroxyl groups excluding tert-OH is 2. The summed E-state index contributed by atoms with van der Waals surface area (Å²) in [5.74, 6) is -0.642. The van der Waals surface area contributed by atoms with Crippen molar-refractivity contribution in [2.75, 3.05) is 26.9 Å². The Bertz CT molecular complexity index is 259. The summed E-state index contributed by atoms with van der Waals surface area (Å²) in [5.41, 5.74) is -3.22. The number of rotatable bonds is 3. The van der Waals surface area contributed by atoms with Gasteiger partial charge >= 0.3 is 0 Å². The van der Waals surface area contributed by atoms with Crippen molar-refractivity contribution in [1.29, 1.82) is 0 Å². The Morgan fingerprint density at radius 2 is 2.13 bits per heavy atom. The van der Waals surface area contributed by atoms with Crippen LogP contribution in [0.25, 0.3) is 0 Å². The summed E-state index contributed by atoms with van der Waals surface area (Å²) in [6.45, 7) is -0.557. The molecule has 0 amide bonds. The molecule has 1 aliphatic heterocycles. The van der Waals surface area contributed by atoms with Gasteiger partial charge in [0.15, 0.2) is 0 Å². The van der Waals surface area contributed by atoms with Gasteiger partial charge < -0.3 is 29.9 Å². The molecule has 88 valence electrons. The van der Waals surface area contributed by atoms with Crippen molar-refractivity contribution >= 4 is 0 Å². The van der Waals surface area contributed by atoms with Gasteiger partial charge in [0, 0.05) is 7.11 Å². The summed E-state index contributed by atoms with van der Waals surface area (Å²) in [7, 11) is 1.39. The summed E-state index contributed by atoms with van der Waals surface area (Å²) in [6.07, 6.45) is -1.69. The van der Waals surface area contributed by atoms with E-state index in [1.54, 1.807) is 0 Å². The Morgan fingerprint density at radius 3 is 2.67 bits per heavy atom. The molecule has 1 saturated heterocycles. The van der Waals surface area contributed by atoms with E-state index >= 15 is 0 Å². The minimum atomic E-state index is -1.62. The highest BCUT2D eigenvalue weighted by Gasteiger charge is 2.78. The third-order valence-corrected chi connectivity index (χ3v) is 3.44. The van der Waals surface area contributed by atoms with Crippen LogP contribution in [0, 0.1) is 5.92 Å². The molecule has 2 rings (SSSR count). The van der Waals surface area contributed by atoms with Gasteiger partial charge in [0.1, 0.15) is 11.2 Å². The van der Waals surface area contributed by atoms with Gasteiger partial charge in [0.05, 0.1) is 37.9 Å². The molecule has 6 heteroatoms. The second-order valence-corrected chi connectivity index (χ2v) is 4.29. The van der Waals surface area contributed by atoms with Gasteiger partial charge in [-0.05, 0) is 0 Å². The maximum atomic E-state index is 10.1. The standard InChI is InChI=1S/C9H16O6/c1-14-3-8(12)4-15-5(2-10)6-7(11)9(6,8)13/h5-7,10-13H,2-4H2,1H3. The fourth-order valence-corrected chi connectivity index (χ4v) is 2.48. The van der Waals surface area contributed by atoms with Crippen LogP contribution in [0.3, 0.4) is 0 Å². The third-order valence-electron chi connectivity index (χ3n) is 3.44. The molecule has 6 nitrogen and oxygen atoms in total. The Kier molecular flexibility index (Phi) is 2.53. The van der Waals surface area contributed by atoms with Crippen molar-refractivity contribution < 1.29 is 29.9 Å². The van der Waals surface area contributed by atoms with Gasteiger partial charge in [0.25, 0.3) is 0 Å². The molecule has 2 fully saturated rings. The van der Waals surface area contributed by atoms with E-state index in [2.05, 4.69) is 0 Å². The lowest BCUT2D eigenvalue weighted by atomic mass is 9.90. The lowest BCUT2D eigenvalue weighted by Gasteiger charge is -2.38. The maximum absolute atomic E-state index is 10.1. The third kappa shape index (κ3) is 1.27. The molecule has 1 aliphatic carbocycles. The predicted octanol–water partition coefficient (Wildman–Crippen LogP) is -2.52. The minimum absolute atomic E-state index is 0.116. The Hall–Kier alpha value is -0.240. The van der Waals surface area contributed by atoms with Crippen LogP contribution < -0.4 is 0 Å². The summed E-state index contributed by atoms with van der Waals surface area (Å²) >= 11 is 0. The first-order valence-corrected chi connectivity index (χ1v) is 4.85. The highest BCUT2D eigenvalue weighted by molar-refractivity contribution is 5.27. The molecule has 15 heavy (non-hydrogen) atoms. The molecule has 0 spiro atoms. The summed E-state index contributed by atoms with van der Waals surface area (Å²) in [6, 6.07) is 0. The van der Waals surface area contributed by atoms with E-state index in [4.69, 9.17) is 14.6 Å². The van der Waals surface area contributed by atoms with Crippen LogP contribution in [-0.2, 0) is 9.47 Å². The van der Waals surface area contributed by atoms with E-state index in [0.29, 0.717) is 0 Å². The molecule has 5 unspecified atom stereocenters. The first-order valence-electron chi connectivity index (χ1n) is 4.85. The average Bonchev–Trinajstić information content (AvgIpc) is 2.75. The molecular formula is C9H16O6. The fourth-order valence-electron chi connectivity index (χ4n) is 2.48. The SMILES string of the molecule is COCC1(O)COC(CO)C2C(O)C21O. The Labute approximate surface area is 87.1 Å². The second kappa shape index (κ2) is 3.38. The zero-order valence-corrected chi connectivity index (χ0v) is 8.46. The maximum Gasteiger partial charge on any atom is 0.143 e. The number of hydrogen-bond acceptors (Lipinski definition) is 6. The number of ether oxygens (including phenoxy) is 2. The predicted molar refractivity (Wildman–Crippen MR) is 48.1 cm³/mol. The molecule has 0 aromatic carbocycles. The van der Waals surface area contributed by atoms with Crippen molar-refractivity contribution in [2.24, 2.45) is 5.92 Å². The van der Waals surface area contributed by atoms with Crippen LogP contribution in [0.15, 0.2) is 0 Å². The highest BCUT2D eigenvalue weighted by atomic mass is 16.5. The second-order valence-electron chi connectivity index (χ2n) is 4.29. The first kappa shape index (κ1) is 11.3. The van der Waals surface area contributed by atoms with Gasteiger partial charge in [-0.3, -0.25) is 0 Å². The molecule has 0 bridgehead atoms. The van der Waals surface area contributed by atoms with Crippen LogP contribution in [0.1, 0.15) is 0 Å². The molecule has 1 saturated carbocycles. The molecule has 5 atom stereocenters. The van der Waals surface area contributed by atoms with Gasteiger partial charge in [0.2, 0.25) is 0 Å². The smallest absolute Gasteiger partial charge is 0.143 e. The van der Waals surface area contributed by atoms with E-state index in [1.807, 2.05) is 0 Å². The van der Waals surface area contributed by atoms with Gasteiger partial charge in [-0.2, -0.15) is 0 Å².